The van der Waals surface area contributed by atoms with Gasteiger partial charge < -0.3 is 10.1 Å². The van der Waals surface area contributed by atoms with Crippen LogP contribution in [0.25, 0.3) is 11.4 Å². The second-order valence-electron chi connectivity index (χ2n) is 5.77. The Labute approximate surface area is 148 Å². The highest BCUT2D eigenvalue weighted by atomic mass is 35.5. The van der Waals surface area contributed by atoms with Crippen LogP contribution in [0.4, 0.5) is 5.69 Å². The average Bonchev–Trinajstić information content (AvgIpc) is 3.16. The van der Waals surface area contributed by atoms with Gasteiger partial charge >= 0.3 is 0 Å². The Bertz CT molecular complexity index is 896. The van der Waals surface area contributed by atoms with Gasteiger partial charge in [-0.3, -0.25) is 4.79 Å². The Balaban J connectivity index is 1.44. The summed E-state index contributed by atoms with van der Waals surface area (Å²) in [6.07, 6.45) is 0.600. The molecule has 1 aromatic heterocycles. The first-order valence-corrected chi connectivity index (χ1v) is 8.13. The number of anilines is 1. The lowest BCUT2D eigenvalue weighted by Gasteiger charge is -2.24. The van der Waals surface area contributed by atoms with Crippen molar-refractivity contribution in [3.05, 3.63) is 53.1 Å². The van der Waals surface area contributed by atoms with Crippen LogP contribution in [-0.2, 0) is 11.2 Å². The van der Waals surface area contributed by atoms with E-state index in [0.717, 1.165) is 16.9 Å². The lowest BCUT2D eigenvalue weighted by molar-refractivity contribution is -0.121. The standard InChI is InChI=1S/C17H14ClN5O2/c18-13-3-6-15-11(8-13)7-12(9-25-15)17(24)19-14-4-1-10(2-5-14)16-20-22-23-21-16/h1-6,8,12H,7,9H2,(H,19,24)(H,20,21,22,23). The molecule has 126 valence electrons. The van der Waals surface area contributed by atoms with Crippen LogP contribution in [0.2, 0.25) is 5.02 Å². The molecule has 2 N–H and O–H groups in total. The van der Waals surface area contributed by atoms with Crippen molar-refractivity contribution in [1.29, 1.82) is 0 Å². The van der Waals surface area contributed by atoms with Gasteiger partial charge in [0.05, 0.1) is 5.92 Å². The van der Waals surface area contributed by atoms with Crippen molar-refractivity contribution < 1.29 is 9.53 Å². The Morgan fingerprint density at radius 2 is 2.08 bits per heavy atom. The third-order valence-corrected chi connectivity index (χ3v) is 4.29. The van der Waals surface area contributed by atoms with Crippen LogP contribution in [0.1, 0.15) is 5.56 Å². The van der Waals surface area contributed by atoms with E-state index in [4.69, 9.17) is 16.3 Å². The number of nitrogens with zero attached hydrogens (tertiary/aromatic N) is 3. The second kappa shape index (κ2) is 6.52. The molecule has 0 radical (unpaired) electrons. The number of carbonyl (C=O) groups excluding carboxylic acids is 1. The smallest absolute Gasteiger partial charge is 0.231 e. The number of benzene rings is 2. The molecule has 7 nitrogen and oxygen atoms in total. The Kier molecular flexibility index (Phi) is 4.07. The van der Waals surface area contributed by atoms with Crippen LogP contribution in [0.5, 0.6) is 5.75 Å². The number of fused-ring (bicyclic) bond motifs is 1. The molecule has 1 unspecified atom stereocenters. The Morgan fingerprint density at radius 3 is 2.84 bits per heavy atom. The Morgan fingerprint density at radius 1 is 1.24 bits per heavy atom. The molecule has 0 saturated heterocycles. The van der Waals surface area contributed by atoms with E-state index in [1.165, 1.54) is 0 Å². The summed E-state index contributed by atoms with van der Waals surface area (Å²) in [5, 5.41) is 17.3. The summed E-state index contributed by atoms with van der Waals surface area (Å²) in [6, 6.07) is 12.7. The van der Waals surface area contributed by atoms with Crippen molar-refractivity contribution in [3.8, 4) is 17.1 Å². The summed E-state index contributed by atoms with van der Waals surface area (Å²) in [6.45, 7) is 0.349. The normalized spacial score (nSPS) is 16.0. The first-order valence-electron chi connectivity index (χ1n) is 7.75. The highest BCUT2D eigenvalue weighted by molar-refractivity contribution is 6.30. The maximum Gasteiger partial charge on any atom is 0.231 e. The van der Waals surface area contributed by atoms with Crippen LogP contribution in [0, 0.1) is 5.92 Å². The monoisotopic (exact) mass is 355 g/mol. The molecular weight excluding hydrogens is 342 g/mol. The number of amides is 1. The Hall–Kier alpha value is -2.93. The van der Waals surface area contributed by atoms with E-state index in [1.807, 2.05) is 24.3 Å². The van der Waals surface area contributed by atoms with Gasteiger partial charge in [-0.25, -0.2) is 0 Å². The first kappa shape index (κ1) is 15.6. The summed E-state index contributed by atoms with van der Waals surface area (Å²) in [4.78, 5) is 12.5. The highest BCUT2D eigenvalue weighted by Crippen LogP contribution is 2.30. The lowest BCUT2D eigenvalue weighted by Crippen LogP contribution is -2.32. The summed E-state index contributed by atoms with van der Waals surface area (Å²) in [5.74, 6) is 0.950. The molecule has 8 heteroatoms. The maximum absolute atomic E-state index is 12.5. The van der Waals surface area contributed by atoms with E-state index in [1.54, 1.807) is 18.2 Å². The number of carbonyl (C=O) groups is 1. The summed E-state index contributed by atoms with van der Waals surface area (Å²) < 4.78 is 5.67. The molecule has 2 aromatic carbocycles. The molecule has 0 bridgehead atoms. The summed E-state index contributed by atoms with van der Waals surface area (Å²) in [5.41, 5.74) is 2.47. The van der Waals surface area contributed by atoms with Crippen molar-refractivity contribution in [2.45, 2.75) is 6.42 Å². The summed E-state index contributed by atoms with van der Waals surface area (Å²) >= 11 is 6.02. The fraction of sp³-hybridized carbons (Fsp3) is 0.176. The first-order chi connectivity index (χ1) is 12.2. The molecular formula is C17H14ClN5O2. The number of halogens is 1. The van der Waals surface area contributed by atoms with Gasteiger partial charge in [-0.2, -0.15) is 5.21 Å². The number of aromatic nitrogens is 4. The van der Waals surface area contributed by atoms with E-state index in [0.29, 0.717) is 29.6 Å². The van der Waals surface area contributed by atoms with Gasteiger partial charge in [-0.15, -0.1) is 10.2 Å². The molecule has 0 spiro atoms. The van der Waals surface area contributed by atoms with E-state index >= 15 is 0 Å². The van der Waals surface area contributed by atoms with Crippen LogP contribution in [0.3, 0.4) is 0 Å². The van der Waals surface area contributed by atoms with E-state index < -0.39 is 0 Å². The summed E-state index contributed by atoms with van der Waals surface area (Å²) in [7, 11) is 0. The topological polar surface area (TPSA) is 92.8 Å². The molecule has 1 aliphatic rings. The van der Waals surface area contributed by atoms with E-state index in [9.17, 15) is 4.79 Å². The van der Waals surface area contributed by atoms with Crippen LogP contribution < -0.4 is 10.1 Å². The van der Waals surface area contributed by atoms with E-state index in [-0.39, 0.29) is 11.8 Å². The zero-order chi connectivity index (χ0) is 17.2. The predicted octanol–water partition coefficient (Wildman–Crippen LogP) is 2.71. The zero-order valence-electron chi connectivity index (χ0n) is 13.1. The number of H-pyrrole nitrogens is 1. The fourth-order valence-electron chi connectivity index (χ4n) is 2.76. The largest absolute Gasteiger partial charge is 0.492 e. The number of hydrogen-bond donors (Lipinski definition) is 2. The molecule has 0 fully saturated rings. The van der Waals surface area contributed by atoms with Gasteiger partial charge in [-0.05, 0) is 59.7 Å². The third kappa shape index (κ3) is 3.32. The van der Waals surface area contributed by atoms with Gasteiger partial charge in [0.15, 0.2) is 0 Å². The number of hydrogen-bond acceptors (Lipinski definition) is 5. The van der Waals surface area contributed by atoms with E-state index in [2.05, 4.69) is 25.9 Å². The number of aromatic amines is 1. The maximum atomic E-state index is 12.5. The number of tetrazole rings is 1. The predicted molar refractivity (Wildman–Crippen MR) is 92.4 cm³/mol. The van der Waals surface area contributed by atoms with Crippen molar-refractivity contribution >= 4 is 23.2 Å². The molecule has 1 aliphatic heterocycles. The molecule has 1 amide bonds. The minimum absolute atomic E-state index is 0.0852. The van der Waals surface area contributed by atoms with Gasteiger partial charge in [-0.1, -0.05) is 11.6 Å². The average molecular weight is 356 g/mol. The molecule has 1 atom stereocenters. The number of rotatable bonds is 3. The van der Waals surface area contributed by atoms with Gasteiger partial charge in [0.1, 0.15) is 12.4 Å². The van der Waals surface area contributed by atoms with Gasteiger partial charge in [0.2, 0.25) is 11.7 Å². The minimum Gasteiger partial charge on any atom is -0.492 e. The van der Waals surface area contributed by atoms with Crippen LogP contribution >= 0.6 is 11.6 Å². The molecule has 2 heterocycles. The van der Waals surface area contributed by atoms with Gasteiger partial charge in [0, 0.05) is 16.3 Å². The zero-order valence-corrected chi connectivity index (χ0v) is 13.8. The van der Waals surface area contributed by atoms with Crippen molar-refractivity contribution in [2.75, 3.05) is 11.9 Å². The van der Waals surface area contributed by atoms with Gasteiger partial charge in [0.25, 0.3) is 0 Å². The molecule has 0 aliphatic carbocycles. The lowest BCUT2D eigenvalue weighted by atomic mass is 9.96. The third-order valence-electron chi connectivity index (χ3n) is 4.06. The molecule has 3 aromatic rings. The van der Waals surface area contributed by atoms with Crippen LogP contribution in [0.15, 0.2) is 42.5 Å². The van der Waals surface area contributed by atoms with Crippen molar-refractivity contribution in [2.24, 2.45) is 5.92 Å². The molecule has 4 rings (SSSR count). The molecule has 25 heavy (non-hydrogen) atoms. The SMILES string of the molecule is O=C(Nc1ccc(-c2nn[nH]n2)cc1)C1COc2ccc(Cl)cc2C1. The molecule has 0 saturated carbocycles. The van der Waals surface area contributed by atoms with Crippen molar-refractivity contribution in [3.63, 3.8) is 0 Å². The van der Waals surface area contributed by atoms with Crippen molar-refractivity contribution in [1.82, 2.24) is 20.6 Å². The van der Waals surface area contributed by atoms with Crippen LogP contribution in [-0.4, -0.2) is 33.1 Å². The number of nitrogens with one attached hydrogen (secondary N) is 2. The number of ether oxygens (including phenoxy) is 1. The minimum atomic E-state index is -0.261. The second-order valence-corrected chi connectivity index (χ2v) is 6.20. The highest BCUT2D eigenvalue weighted by Gasteiger charge is 2.26. The fourth-order valence-corrected chi connectivity index (χ4v) is 2.96. The quantitative estimate of drug-likeness (QED) is 0.753.